The molecule has 1 aromatic heterocycles. The lowest BCUT2D eigenvalue weighted by atomic mass is 10.3. The molecule has 0 aliphatic carbocycles. The van der Waals surface area contributed by atoms with E-state index in [1.807, 2.05) is 6.92 Å². The van der Waals surface area contributed by atoms with E-state index in [0.717, 1.165) is 4.90 Å². The summed E-state index contributed by atoms with van der Waals surface area (Å²) in [6.45, 7) is 4.04. The summed E-state index contributed by atoms with van der Waals surface area (Å²) in [4.78, 5) is 24.3. The van der Waals surface area contributed by atoms with Gasteiger partial charge in [0.15, 0.2) is 0 Å². The Hall–Kier alpha value is -1.01. The molecule has 1 atom stereocenters. The molecule has 1 aromatic rings. The van der Waals surface area contributed by atoms with Gasteiger partial charge in [0, 0.05) is 16.8 Å². The highest BCUT2D eigenvalue weighted by molar-refractivity contribution is 7.80. The van der Waals surface area contributed by atoms with Gasteiger partial charge in [0.05, 0.1) is 4.88 Å². The third-order valence-electron chi connectivity index (χ3n) is 1.90. The Morgan fingerprint density at radius 2 is 2.25 bits per heavy atom. The molecule has 16 heavy (non-hydrogen) atoms. The molecule has 0 bridgehead atoms. The molecule has 0 fully saturated rings. The fourth-order valence-corrected chi connectivity index (χ4v) is 2.16. The summed E-state index contributed by atoms with van der Waals surface area (Å²) in [6.07, 6.45) is 0. The van der Waals surface area contributed by atoms with E-state index in [4.69, 9.17) is 0 Å². The molecule has 2 N–H and O–H groups in total. The number of nitrogens with one attached hydrogen (secondary N) is 2. The highest BCUT2D eigenvalue weighted by Crippen LogP contribution is 2.17. The second-order valence-electron chi connectivity index (χ2n) is 3.26. The number of hydrogen-bond acceptors (Lipinski definition) is 4. The number of amides is 2. The summed E-state index contributed by atoms with van der Waals surface area (Å²) in [5.74, 6) is -0.428. The SMILES string of the molecule is CCNC(=O)C(C)NC(=O)c1cc(S)cs1. The maximum atomic E-state index is 11.7. The van der Waals surface area contributed by atoms with Gasteiger partial charge in [-0.25, -0.2) is 0 Å². The zero-order valence-electron chi connectivity index (χ0n) is 9.11. The normalized spacial score (nSPS) is 11.9. The van der Waals surface area contributed by atoms with Gasteiger partial charge < -0.3 is 10.6 Å². The predicted octanol–water partition coefficient (Wildman–Crippen LogP) is 1.29. The Balaban J connectivity index is 2.54. The maximum Gasteiger partial charge on any atom is 0.262 e. The van der Waals surface area contributed by atoms with Crippen LogP contribution in [0, 0.1) is 0 Å². The van der Waals surface area contributed by atoms with E-state index in [-0.39, 0.29) is 11.8 Å². The van der Waals surface area contributed by atoms with Gasteiger partial charge in [-0.3, -0.25) is 9.59 Å². The van der Waals surface area contributed by atoms with E-state index in [9.17, 15) is 9.59 Å². The summed E-state index contributed by atoms with van der Waals surface area (Å²) in [6, 6.07) is 1.14. The Morgan fingerprint density at radius 1 is 1.56 bits per heavy atom. The van der Waals surface area contributed by atoms with Gasteiger partial charge in [-0.15, -0.1) is 24.0 Å². The maximum absolute atomic E-state index is 11.7. The minimum absolute atomic E-state index is 0.182. The van der Waals surface area contributed by atoms with Crippen LogP contribution in [0.4, 0.5) is 0 Å². The van der Waals surface area contributed by atoms with Gasteiger partial charge in [-0.2, -0.15) is 0 Å². The first-order valence-electron chi connectivity index (χ1n) is 4.90. The summed E-state index contributed by atoms with van der Waals surface area (Å²) in [5.41, 5.74) is 0. The molecule has 4 nitrogen and oxygen atoms in total. The molecule has 0 radical (unpaired) electrons. The first kappa shape index (κ1) is 13.1. The molecule has 0 spiro atoms. The number of thiophene rings is 1. The number of rotatable bonds is 4. The molecular weight excluding hydrogens is 244 g/mol. The van der Waals surface area contributed by atoms with Crippen molar-refractivity contribution < 1.29 is 9.59 Å². The Labute approximate surface area is 104 Å². The molecule has 0 aliphatic heterocycles. The number of likely N-dealkylation sites (N-methyl/N-ethyl adjacent to an activating group) is 1. The van der Waals surface area contributed by atoms with Crippen LogP contribution in [0.25, 0.3) is 0 Å². The number of carbonyl (C=O) groups excluding carboxylic acids is 2. The van der Waals surface area contributed by atoms with Gasteiger partial charge in [-0.1, -0.05) is 0 Å². The van der Waals surface area contributed by atoms with E-state index in [1.165, 1.54) is 11.3 Å². The van der Waals surface area contributed by atoms with Crippen LogP contribution < -0.4 is 10.6 Å². The predicted molar refractivity (Wildman–Crippen MR) is 67.2 cm³/mol. The minimum Gasteiger partial charge on any atom is -0.355 e. The van der Waals surface area contributed by atoms with E-state index < -0.39 is 6.04 Å². The molecule has 0 aliphatic rings. The molecule has 0 aromatic carbocycles. The largest absolute Gasteiger partial charge is 0.355 e. The van der Waals surface area contributed by atoms with Crippen LogP contribution in [0.3, 0.4) is 0 Å². The highest BCUT2D eigenvalue weighted by atomic mass is 32.1. The van der Waals surface area contributed by atoms with Crippen LogP contribution in [0.5, 0.6) is 0 Å². The second kappa shape index (κ2) is 5.91. The molecule has 6 heteroatoms. The van der Waals surface area contributed by atoms with Gasteiger partial charge in [0.2, 0.25) is 5.91 Å². The fourth-order valence-electron chi connectivity index (χ4n) is 1.11. The number of hydrogen-bond donors (Lipinski definition) is 3. The van der Waals surface area contributed by atoms with E-state index >= 15 is 0 Å². The first-order chi connectivity index (χ1) is 7.54. The summed E-state index contributed by atoms with van der Waals surface area (Å²) in [7, 11) is 0. The fraction of sp³-hybridized carbons (Fsp3) is 0.400. The van der Waals surface area contributed by atoms with E-state index in [2.05, 4.69) is 23.3 Å². The monoisotopic (exact) mass is 258 g/mol. The molecular formula is C10H14N2O2S2. The number of thiol groups is 1. The van der Waals surface area contributed by atoms with Crippen molar-refractivity contribution in [2.24, 2.45) is 0 Å². The molecule has 1 heterocycles. The third-order valence-corrected chi connectivity index (χ3v) is 3.26. The van der Waals surface area contributed by atoms with Crippen molar-refractivity contribution in [1.82, 2.24) is 10.6 Å². The van der Waals surface area contributed by atoms with Crippen LogP contribution in [0.15, 0.2) is 16.3 Å². The molecule has 88 valence electrons. The average Bonchev–Trinajstić information content (AvgIpc) is 2.65. The van der Waals surface area contributed by atoms with Gasteiger partial charge >= 0.3 is 0 Å². The quantitative estimate of drug-likeness (QED) is 0.713. The van der Waals surface area contributed by atoms with Crippen LogP contribution in [-0.4, -0.2) is 24.4 Å². The van der Waals surface area contributed by atoms with Crippen molar-refractivity contribution in [3.63, 3.8) is 0 Å². The van der Waals surface area contributed by atoms with Gasteiger partial charge in [0.25, 0.3) is 5.91 Å². The summed E-state index contributed by atoms with van der Waals surface area (Å²) >= 11 is 5.42. The van der Waals surface area contributed by atoms with Crippen molar-refractivity contribution in [2.75, 3.05) is 6.54 Å². The van der Waals surface area contributed by atoms with Crippen LogP contribution >= 0.6 is 24.0 Å². The lowest BCUT2D eigenvalue weighted by Gasteiger charge is -2.12. The van der Waals surface area contributed by atoms with Crippen molar-refractivity contribution >= 4 is 35.8 Å². The first-order valence-corrected chi connectivity index (χ1v) is 6.23. The molecule has 0 saturated heterocycles. The lowest BCUT2D eigenvalue weighted by molar-refractivity contribution is -0.122. The Bertz CT molecular complexity index is 390. The van der Waals surface area contributed by atoms with Crippen molar-refractivity contribution in [3.8, 4) is 0 Å². The zero-order chi connectivity index (χ0) is 12.1. The smallest absolute Gasteiger partial charge is 0.262 e. The zero-order valence-corrected chi connectivity index (χ0v) is 10.8. The van der Waals surface area contributed by atoms with Gasteiger partial charge in [0.1, 0.15) is 6.04 Å². The van der Waals surface area contributed by atoms with Crippen LogP contribution in [-0.2, 0) is 4.79 Å². The minimum atomic E-state index is -0.530. The van der Waals surface area contributed by atoms with Gasteiger partial charge in [-0.05, 0) is 19.9 Å². The van der Waals surface area contributed by atoms with E-state index in [0.29, 0.717) is 11.4 Å². The Morgan fingerprint density at radius 3 is 2.75 bits per heavy atom. The summed E-state index contributed by atoms with van der Waals surface area (Å²) in [5, 5.41) is 7.03. The third kappa shape index (κ3) is 3.53. The standard InChI is InChI=1S/C10H14N2O2S2/c1-3-11-9(13)6(2)12-10(14)8-4-7(15)5-16-8/h4-6,15H,3H2,1-2H3,(H,11,13)(H,12,14). The average molecular weight is 258 g/mol. The van der Waals surface area contributed by atoms with Crippen LogP contribution in [0.2, 0.25) is 0 Å². The topological polar surface area (TPSA) is 58.2 Å². The molecule has 1 unspecified atom stereocenters. The van der Waals surface area contributed by atoms with Crippen LogP contribution in [0.1, 0.15) is 23.5 Å². The highest BCUT2D eigenvalue weighted by Gasteiger charge is 2.16. The molecule has 2 amide bonds. The molecule has 1 rings (SSSR count). The second-order valence-corrected chi connectivity index (χ2v) is 4.69. The summed E-state index contributed by atoms with van der Waals surface area (Å²) < 4.78 is 0. The van der Waals surface area contributed by atoms with Crippen molar-refractivity contribution in [3.05, 3.63) is 16.3 Å². The van der Waals surface area contributed by atoms with Crippen molar-refractivity contribution in [2.45, 2.75) is 24.8 Å². The molecule has 0 saturated carbocycles. The number of carbonyl (C=O) groups is 2. The lowest BCUT2D eigenvalue weighted by Crippen LogP contribution is -2.44. The van der Waals surface area contributed by atoms with Crippen molar-refractivity contribution in [1.29, 1.82) is 0 Å². The Kier molecular flexibility index (Phi) is 4.82. The van der Waals surface area contributed by atoms with E-state index in [1.54, 1.807) is 18.4 Å².